The quantitative estimate of drug-likeness (QED) is 0.842. The first-order valence-electron chi connectivity index (χ1n) is 9.78. The van der Waals surface area contributed by atoms with Crippen molar-refractivity contribution < 1.29 is 14.5 Å². The maximum absolute atomic E-state index is 12.6. The summed E-state index contributed by atoms with van der Waals surface area (Å²) in [5.74, 6) is 0.215. The molecule has 4 rings (SSSR count). The second-order valence-corrected chi connectivity index (χ2v) is 7.57. The van der Waals surface area contributed by atoms with Gasteiger partial charge >= 0.3 is 0 Å². The van der Waals surface area contributed by atoms with E-state index in [0.717, 1.165) is 43.7 Å². The minimum absolute atomic E-state index is 0.0381. The predicted molar refractivity (Wildman–Crippen MR) is 105 cm³/mol. The smallest absolute Gasteiger partial charge is 0.279 e. The summed E-state index contributed by atoms with van der Waals surface area (Å²) < 4.78 is 2.16. The fourth-order valence-electron chi connectivity index (χ4n) is 4.37. The zero-order chi connectivity index (χ0) is 18.8. The van der Waals surface area contributed by atoms with Crippen LogP contribution in [0, 0.1) is 0 Å². The third kappa shape index (κ3) is 3.76. The van der Waals surface area contributed by atoms with E-state index in [2.05, 4.69) is 35.3 Å². The topological polar surface area (TPSA) is 58.8 Å². The molecule has 2 saturated heterocycles. The number of hydrogen-bond donors (Lipinski definition) is 2. The Morgan fingerprint density at radius 1 is 1.22 bits per heavy atom. The standard InChI is InChI=1S/C21H26N4O2/c1-23-12-2-5-18(23)19-6-3-13-24(19)15-20(26)22-16-8-10-17(11-9-16)25-14-4-7-21(25)27/h2,5,8-12,19H,3-4,6-7,13-15H2,1H3,(H,22,26)/p+1/t19-/m0/s1. The number of carbonyl (C=O) groups excluding carboxylic acids is 2. The number of rotatable bonds is 5. The summed E-state index contributed by atoms with van der Waals surface area (Å²) in [4.78, 5) is 27.5. The van der Waals surface area contributed by atoms with Gasteiger partial charge in [-0.1, -0.05) is 0 Å². The van der Waals surface area contributed by atoms with Crippen LogP contribution in [0.2, 0.25) is 0 Å². The molecule has 6 nitrogen and oxygen atoms in total. The van der Waals surface area contributed by atoms with Crippen molar-refractivity contribution >= 4 is 23.2 Å². The number of aryl methyl sites for hydroxylation is 1. The summed E-state index contributed by atoms with van der Waals surface area (Å²) in [6.45, 7) is 2.28. The van der Waals surface area contributed by atoms with E-state index in [-0.39, 0.29) is 11.8 Å². The molecule has 2 aliphatic heterocycles. The molecule has 0 bridgehead atoms. The predicted octanol–water partition coefficient (Wildman–Crippen LogP) is 1.51. The van der Waals surface area contributed by atoms with Gasteiger partial charge in [0.05, 0.1) is 12.2 Å². The zero-order valence-corrected chi connectivity index (χ0v) is 15.8. The number of quaternary nitrogens is 1. The van der Waals surface area contributed by atoms with Gasteiger partial charge in [0.25, 0.3) is 5.91 Å². The van der Waals surface area contributed by atoms with Crippen LogP contribution in [0.5, 0.6) is 0 Å². The minimum atomic E-state index is 0.0381. The van der Waals surface area contributed by atoms with Gasteiger partial charge < -0.3 is 19.7 Å². The Hall–Kier alpha value is -2.60. The number of benzene rings is 1. The zero-order valence-electron chi connectivity index (χ0n) is 15.8. The monoisotopic (exact) mass is 367 g/mol. The molecule has 142 valence electrons. The maximum atomic E-state index is 12.6. The van der Waals surface area contributed by atoms with Crippen molar-refractivity contribution in [2.24, 2.45) is 7.05 Å². The number of anilines is 2. The lowest BCUT2D eigenvalue weighted by atomic mass is 10.1. The van der Waals surface area contributed by atoms with Crippen LogP contribution in [-0.2, 0) is 16.6 Å². The average molecular weight is 367 g/mol. The summed E-state index contributed by atoms with van der Waals surface area (Å²) in [5.41, 5.74) is 2.99. The van der Waals surface area contributed by atoms with E-state index in [0.29, 0.717) is 19.0 Å². The van der Waals surface area contributed by atoms with Crippen molar-refractivity contribution in [1.29, 1.82) is 0 Å². The molecule has 1 aromatic heterocycles. The van der Waals surface area contributed by atoms with Crippen LogP contribution in [0.15, 0.2) is 42.6 Å². The van der Waals surface area contributed by atoms with Gasteiger partial charge in [0, 0.05) is 50.4 Å². The highest BCUT2D eigenvalue weighted by molar-refractivity contribution is 5.96. The van der Waals surface area contributed by atoms with Crippen molar-refractivity contribution in [3.8, 4) is 0 Å². The van der Waals surface area contributed by atoms with Crippen LogP contribution in [0.1, 0.15) is 37.4 Å². The highest BCUT2D eigenvalue weighted by atomic mass is 16.2. The summed E-state index contributed by atoms with van der Waals surface area (Å²) in [5, 5.41) is 3.01. The number of hydrogen-bond acceptors (Lipinski definition) is 2. The maximum Gasteiger partial charge on any atom is 0.279 e. The van der Waals surface area contributed by atoms with Gasteiger partial charge in [-0.3, -0.25) is 9.59 Å². The van der Waals surface area contributed by atoms with Crippen LogP contribution in [0.25, 0.3) is 0 Å². The first-order valence-corrected chi connectivity index (χ1v) is 9.78. The summed E-state index contributed by atoms with van der Waals surface area (Å²) >= 11 is 0. The molecule has 2 N–H and O–H groups in total. The fourth-order valence-corrected chi connectivity index (χ4v) is 4.37. The lowest BCUT2D eigenvalue weighted by Gasteiger charge is -2.22. The molecule has 6 heteroatoms. The molecule has 2 atom stereocenters. The lowest BCUT2D eigenvalue weighted by Crippen LogP contribution is -3.11. The van der Waals surface area contributed by atoms with Crippen LogP contribution in [0.3, 0.4) is 0 Å². The fraction of sp³-hybridized carbons (Fsp3) is 0.429. The first-order chi connectivity index (χ1) is 13.1. The van der Waals surface area contributed by atoms with Crippen molar-refractivity contribution in [2.75, 3.05) is 29.9 Å². The Morgan fingerprint density at radius 3 is 2.70 bits per heavy atom. The van der Waals surface area contributed by atoms with Gasteiger partial charge in [-0.15, -0.1) is 0 Å². The molecule has 2 amide bonds. The number of carbonyl (C=O) groups is 2. The Morgan fingerprint density at radius 2 is 2.04 bits per heavy atom. The molecule has 3 heterocycles. The SMILES string of the molecule is Cn1cccc1[C@@H]1CCC[NH+]1CC(=O)Nc1ccc(N2CCCC2=O)cc1. The lowest BCUT2D eigenvalue weighted by molar-refractivity contribution is -0.910. The Balaban J connectivity index is 1.36. The van der Waals surface area contributed by atoms with E-state index in [1.165, 1.54) is 10.6 Å². The van der Waals surface area contributed by atoms with Gasteiger partial charge in [-0.25, -0.2) is 0 Å². The van der Waals surface area contributed by atoms with Crippen LogP contribution < -0.4 is 15.1 Å². The molecule has 0 radical (unpaired) electrons. The largest absolute Gasteiger partial charge is 0.350 e. The van der Waals surface area contributed by atoms with Gasteiger partial charge in [0.15, 0.2) is 6.54 Å². The van der Waals surface area contributed by atoms with E-state index in [1.54, 1.807) is 0 Å². The molecular formula is C21H27N4O2+. The summed E-state index contributed by atoms with van der Waals surface area (Å²) in [6.07, 6.45) is 5.88. The molecule has 1 unspecified atom stereocenters. The van der Waals surface area contributed by atoms with E-state index in [9.17, 15) is 9.59 Å². The molecule has 0 spiro atoms. The summed E-state index contributed by atoms with van der Waals surface area (Å²) in [6, 6.07) is 12.2. The molecule has 1 aromatic carbocycles. The number of aromatic nitrogens is 1. The normalized spacial score (nSPS) is 22.4. The third-order valence-corrected chi connectivity index (χ3v) is 5.75. The van der Waals surface area contributed by atoms with E-state index in [1.807, 2.05) is 29.2 Å². The van der Waals surface area contributed by atoms with E-state index in [4.69, 9.17) is 0 Å². The second-order valence-electron chi connectivity index (χ2n) is 7.57. The van der Waals surface area contributed by atoms with Crippen LogP contribution in [0.4, 0.5) is 11.4 Å². The molecule has 0 aliphatic carbocycles. The average Bonchev–Trinajstić information content (AvgIpc) is 3.37. The Kier molecular flexibility index (Phi) is 4.99. The number of likely N-dealkylation sites (tertiary alicyclic amines) is 1. The van der Waals surface area contributed by atoms with E-state index < -0.39 is 0 Å². The highest BCUT2D eigenvalue weighted by Gasteiger charge is 2.33. The molecule has 2 fully saturated rings. The van der Waals surface area contributed by atoms with Gasteiger partial charge in [-0.05, 0) is 42.8 Å². The second kappa shape index (κ2) is 7.56. The Bertz CT molecular complexity index is 827. The first kappa shape index (κ1) is 17.8. The van der Waals surface area contributed by atoms with Crippen molar-refractivity contribution in [3.63, 3.8) is 0 Å². The van der Waals surface area contributed by atoms with Crippen LogP contribution in [-0.4, -0.2) is 36.0 Å². The van der Waals surface area contributed by atoms with Gasteiger partial charge in [0.1, 0.15) is 6.04 Å². The highest BCUT2D eigenvalue weighted by Crippen LogP contribution is 2.23. The van der Waals surface area contributed by atoms with Crippen molar-refractivity contribution in [2.45, 2.75) is 31.7 Å². The third-order valence-electron chi connectivity index (χ3n) is 5.75. The van der Waals surface area contributed by atoms with Gasteiger partial charge in [-0.2, -0.15) is 0 Å². The van der Waals surface area contributed by atoms with Gasteiger partial charge in [0.2, 0.25) is 5.91 Å². The number of nitrogens with one attached hydrogen (secondary N) is 2. The summed E-state index contributed by atoms with van der Waals surface area (Å²) in [7, 11) is 2.07. The minimum Gasteiger partial charge on any atom is -0.350 e. The molecule has 2 aliphatic rings. The number of nitrogens with zero attached hydrogens (tertiary/aromatic N) is 2. The van der Waals surface area contributed by atoms with E-state index >= 15 is 0 Å². The molecular weight excluding hydrogens is 340 g/mol. The molecule has 2 aromatic rings. The molecule has 0 saturated carbocycles. The Labute approximate surface area is 159 Å². The van der Waals surface area contributed by atoms with Crippen molar-refractivity contribution in [3.05, 3.63) is 48.3 Å². The number of amides is 2. The van der Waals surface area contributed by atoms with Crippen LogP contribution >= 0.6 is 0 Å². The molecule has 27 heavy (non-hydrogen) atoms. The van der Waals surface area contributed by atoms with Crippen molar-refractivity contribution in [1.82, 2.24) is 4.57 Å².